The highest BCUT2D eigenvalue weighted by atomic mass is 35.5. The molecule has 25 heavy (non-hydrogen) atoms. The lowest BCUT2D eigenvalue weighted by Crippen LogP contribution is -2.55. The van der Waals surface area contributed by atoms with Crippen LogP contribution in [0.4, 0.5) is 0 Å². The molecule has 3 N–H and O–H groups in total. The number of carbonyl (C=O) groups is 1. The average Bonchev–Trinajstić information content (AvgIpc) is 2.45. The molecule has 1 saturated heterocycles. The highest BCUT2D eigenvalue weighted by Gasteiger charge is 2.38. The molecule has 1 saturated carbocycles. The standard InChI is InChI=1S/C16H31N3O3S.2ClH/c1-16(17)8-4-3-5-14(16)15(20)18-13-6-9-19(10-7-13)11-12-23(2,21)22;;/h13-14H,3-12,17H2,1-2H3,(H,18,20);2*1H. The Balaban J connectivity index is 0.00000288. The first-order chi connectivity index (χ1) is 10.7. The summed E-state index contributed by atoms with van der Waals surface area (Å²) in [4.78, 5) is 14.7. The Labute approximate surface area is 164 Å². The third-order valence-corrected chi connectivity index (χ3v) is 6.21. The molecule has 0 aromatic carbocycles. The van der Waals surface area contributed by atoms with E-state index in [9.17, 15) is 13.2 Å². The number of nitrogens with two attached hydrogens (primary N) is 1. The normalized spacial score (nSPS) is 28.5. The summed E-state index contributed by atoms with van der Waals surface area (Å²) >= 11 is 0. The maximum atomic E-state index is 12.5. The van der Waals surface area contributed by atoms with Crippen molar-refractivity contribution >= 4 is 40.6 Å². The van der Waals surface area contributed by atoms with Gasteiger partial charge in [-0.3, -0.25) is 4.79 Å². The van der Waals surface area contributed by atoms with Gasteiger partial charge in [0.05, 0.1) is 11.7 Å². The summed E-state index contributed by atoms with van der Waals surface area (Å²) in [5.74, 6) is 0.223. The zero-order valence-electron chi connectivity index (χ0n) is 15.2. The summed E-state index contributed by atoms with van der Waals surface area (Å²) in [6, 6.07) is 0.190. The van der Waals surface area contributed by atoms with E-state index in [4.69, 9.17) is 5.73 Å². The van der Waals surface area contributed by atoms with E-state index in [0.29, 0.717) is 6.54 Å². The van der Waals surface area contributed by atoms with Crippen LogP contribution in [0, 0.1) is 5.92 Å². The number of sulfone groups is 1. The predicted octanol–water partition coefficient (Wildman–Crippen LogP) is 1.36. The average molecular weight is 418 g/mol. The molecule has 0 aromatic heterocycles. The van der Waals surface area contributed by atoms with Gasteiger partial charge in [-0.1, -0.05) is 12.8 Å². The van der Waals surface area contributed by atoms with E-state index in [1.54, 1.807) is 0 Å². The lowest BCUT2D eigenvalue weighted by atomic mass is 9.74. The van der Waals surface area contributed by atoms with Gasteiger partial charge in [-0.25, -0.2) is 8.42 Å². The molecule has 0 spiro atoms. The van der Waals surface area contributed by atoms with Crippen LogP contribution in [0.2, 0.25) is 0 Å². The lowest BCUT2D eigenvalue weighted by molar-refractivity contribution is -0.129. The quantitative estimate of drug-likeness (QED) is 0.704. The second-order valence-electron chi connectivity index (χ2n) is 7.56. The molecule has 6 nitrogen and oxygen atoms in total. The highest BCUT2D eigenvalue weighted by molar-refractivity contribution is 7.90. The van der Waals surface area contributed by atoms with Crippen LogP contribution in [0.5, 0.6) is 0 Å². The van der Waals surface area contributed by atoms with Gasteiger partial charge in [-0.2, -0.15) is 0 Å². The van der Waals surface area contributed by atoms with Gasteiger partial charge < -0.3 is 16.0 Å². The van der Waals surface area contributed by atoms with Crippen LogP contribution in [-0.2, 0) is 14.6 Å². The molecule has 0 bridgehead atoms. The van der Waals surface area contributed by atoms with Gasteiger partial charge in [0.1, 0.15) is 9.84 Å². The fourth-order valence-corrected chi connectivity index (χ4v) is 4.28. The number of hydrogen-bond acceptors (Lipinski definition) is 5. The summed E-state index contributed by atoms with van der Waals surface area (Å²) in [6.45, 7) is 4.25. The minimum Gasteiger partial charge on any atom is -0.353 e. The zero-order chi connectivity index (χ0) is 17.1. The molecule has 9 heteroatoms. The number of nitrogens with one attached hydrogen (secondary N) is 1. The van der Waals surface area contributed by atoms with Gasteiger partial charge in [0.25, 0.3) is 0 Å². The van der Waals surface area contributed by atoms with E-state index in [1.165, 1.54) is 6.26 Å². The molecule has 2 unspecified atom stereocenters. The van der Waals surface area contributed by atoms with Crippen molar-refractivity contribution in [1.82, 2.24) is 10.2 Å². The highest BCUT2D eigenvalue weighted by Crippen LogP contribution is 2.31. The second kappa shape index (κ2) is 10.3. The van der Waals surface area contributed by atoms with Crippen molar-refractivity contribution in [3.8, 4) is 0 Å². The fourth-order valence-electron chi connectivity index (χ4n) is 3.69. The first kappa shape index (κ1) is 24.9. The van der Waals surface area contributed by atoms with Crippen LogP contribution in [0.25, 0.3) is 0 Å². The van der Waals surface area contributed by atoms with Crippen molar-refractivity contribution in [1.29, 1.82) is 0 Å². The molecule has 150 valence electrons. The summed E-state index contributed by atoms with van der Waals surface area (Å²) in [6.07, 6.45) is 7.01. The Kier molecular flexibility index (Phi) is 10.3. The van der Waals surface area contributed by atoms with Crippen molar-refractivity contribution in [3.63, 3.8) is 0 Å². The molecule has 1 heterocycles. The molecule has 1 aliphatic heterocycles. The Bertz CT molecular complexity index is 521. The van der Waals surface area contributed by atoms with Crippen molar-refractivity contribution in [2.75, 3.05) is 31.6 Å². The Hall–Kier alpha value is -0.0800. The number of carbonyl (C=O) groups excluding carboxylic acids is 1. The monoisotopic (exact) mass is 417 g/mol. The summed E-state index contributed by atoms with van der Waals surface area (Å²) in [7, 11) is -2.91. The van der Waals surface area contributed by atoms with Gasteiger partial charge in [0.2, 0.25) is 5.91 Å². The molecular formula is C16H33Cl2N3O3S. The number of piperidine rings is 1. The zero-order valence-corrected chi connectivity index (χ0v) is 17.6. The van der Waals surface area contributed by atoms with Gasteiger partial charge in [0, 0.05) is 37.5 Å². The third-order valence-electron chi connectivity index (χ3n) is 5.28. The molecular weight excluding hydrogens is 385 g/mol. The molecule has 1 aliphatic carbocycles. The van der Waals surface area contributed by atoms with E-state index in [0.717, 1.165) is 51.6 Å². The van der Waals surface area contributed by atoms with Crippen LogP contribution in [0.3, 0.4) is 0 Å². The SMILES string of the molecule is CC1(N)CCCCC1C(=O)NC1CCN(CCS(C)(=O)=O)CC1.Cl.Cl. The van der Waals surface area contributed by atoms with E-state index in [2.05, 4.69) is 10.2 Å². The summed E-state index contributed by atoms with van der Waals surface area (Å²) in [5, 5.41) is 3.17. The van der Waals surface area contributed by atoms with Gasteiger partial charge in [0.15, 0.2) is 0 Å². The number of hydrogen-bond donors (Lipinski definition) is 2. The first-order valence-corrected chi connectivity index (χ1v) is 10.7. The van der Waals surface area contributed by atoms with Crippen LogP contribution < -0.4 is 11.1 Å². The maximum absolute atomic E-state index is 12.5. The minimum atomic E-state index is -2.91. The number of likely N-dealkylation sites (tertiary alicyclic amines) is 1. The number of halogens is 2. The maximum Gasteiger partial charge on any atom is 0.225 e. The lowest BCUT2D eigenvalue weighted by Gasteiger charge is -2.39. The molecule has 2 aliphatic rings. The summed E-state index contributed by atoms with van der Waals surface area (Å²) < 4.78 is 22.4. The van der Waals surface area contributed by atoms with Crippen LogP contribution >= 0.6 is 24.8 Å². The Morgan fingerprint density at radius 3 is 2.32 bits per heavy atom. The molecule has 2 atom stereocenters. The Morgan fingerprint density at radius 1 is 1.20 bits per heavy atom. The molecule has 0 aromatic rings. The second-order valence-corrected chi connectivity index (χ2v) is 9.82. The van der Waals surface area contributed by atoms with Gasteiger partial charge >= 0.3 is 0 Å². The Morgan fingerprint density at radius 2 is 1.80 bits per heavy atom. The van der Waals surface area contributed by atoms with E-state index < -0.39 is 15.4 Å². The molecule has 2 rings (SSSR count). The minimum absolute atomic E-state index is 0. The smallest absolute Gasteiger partial charge is 0.225 e. The molecule has 2 fully saturated rings. The molecule has 0 radical (unpaired) electrons. The van der Waals surface area contributed by atoms with E-state index in [-0.39, 0.29) is 48.4 Å². The van der Waals surface area contributed by atoms with Crippen molar-refractivity contribution in [2.45, 2.75) is 57.0 Å². The van der Waals surface area contributed by atoms with Crippen LogP contribution in [0.1, 0.15) is 45.4 Å². The number of amides is 1. The van der Waals surface area contributed by atoms with Crippen LogP contribution in [0.15, 0.2) is 0 Å². The van der Waals surface area contributed by atoms with Crippen molar-refractivity contribution < 1.29 is 13.2 Å². The fraction of sp³-hybridized carbons (Fsp3) is 0.938. The van der Waals surface area contributed by atoms with Gasteiger partial charge in [-0.05, 0) is 32.6 Å². The first-order valence-electron chi connectivity index (χ1n) is 8.67. The van der Waals surface area contributed by atoms with Crippen molar-refractivity contribution in [2.24, 2.45) is 11.7 Å². The van der Waals surface area contributed by atoms with E-state index >= 15 is 0 Å². The van der Waals surface area contributed by atoms with Gasteiger partial charge in [-0.15, -0.1) is 24.8 Å². The number of nitrogens with zero attached hydrogens (tertiary/aromatic N) is 1. The molecule has 1 amide bonds. The largest absolute Gasteiger partial charge is 0.353 e. The van der Waals surface area contributed by atoms with Crippen LogP contribution in [-0.4, -0.2) is 62.4 Å². The summed E-state index contributed by atoms with van der Waals surface area (Å²) in [5.41, 5.74) is 5.91. The third kappa shape index (κ3) is 7.99. The predicted molar refractivity (Wildman–Crippen MR) is 106 cm³/mol. The topological polar surface area (TPSA) is 92.5 Å². The number of rotatable bonds is 5. The van der Waals surface area contributed by atoms with E-state index in [1.807, 2.05) is 6.92 Å². The van der Waals surface area contributed by atoms with Crippen molar-refractivity contribution in [3.05, 3.63) is 0 Å².